The molecule has 0 aliphatic heterocycles. The summed E-state index contributed by atoms with van der Waals surface area (Å²) >= 11 is 1.23. The van der Waals surface area contributed by atoms with Crippen LogP contribution < -0.4 is 5.32 Å². The van der Waals surface area contributed by atoms with Crippen LogP contribution in [0.15, 0.2) is 5.38 Å². The van der Waals surface area contributed by atoms with Crippen molar-refractivity contribution < 1.29 is 4.79 Å². The van der Waals surface area contributed by atoms with Crippen molar-refractivity contribution in [1.82, 2.24) is 14.9 Å². The molecule has 0 spiro atoms. The number of carbonyl (C=O) groups is 1. The minimum atomic E-state index is -0.0537. The highest BCUT2D eigenvalue weighted by Crippen LogP contribution is 2.61. The molecule has 4 saturated carbocycles. The first-order valence-corrected chi connectivity index (χ1v) is 8.56. The molecule has 4 nitrogen and oxygen atoms in total. The molecule has 0 aromatic carbocycles. The fraction of sp³-hybridized carbons (Fsp3) is 0.800. The van der Waals surface area contributed by atoms with Gasteiger partial charge in [-0.25, -0.2) is 0 Å². The molecule has 1 atom stereocenters. The van der Waals surface area contributed by atoms with Crippen molar-refractivity contribution in [2.24, 2.45) is 23.2 Å². The predicted molar refractivity (Wildman–Crippen MR) is 77.4 cm³/mol. The third-order valence-corrected chi connectivity index (χ3v) is 6.45. The molecule has 5 rings (SSSR count). The molecule has 4 bridgehead atoms. The van der Waals surface area contributed by atoms with Crippen molar-refractivity contribution in [3.05, 3.63) is 11.1 Å². The van der Waals surface area contributed by atoms with E-state index in [4.69, 9.17) is 0 Å². The highest BCUT2D eigenvalue weighted by Gasteiger charge is 2.53. The van der Waals surface area contributed by atoms with Crippen LogP contribution in [-0.2, 0) is 0 Å². The number of aromatic nitrogens is 2. The summed E-state index contributed by atoms with van der Waals surface area (Å²) in [6.45, 7) is 2.20. The van der Waals surface area contributed by atoms with Crippen molar-refractivity contribution in [3.8, 4) is 0 Å². The van der Waals surface area contributed by atoms with E-state index >= 15 is 0 Å². The van der Waals surface area contributed by atoms with Gasteiger partial charge in [0.25, 0.3) is 5.91 Å². The Balaban J connectivity index is 1.51. The van der Waals surface area contributed by atoms with Gasteiger partial charge in [-0.3, -0.25) is 4.79 Å². The van der Waals surface area contributed by atoms with Gasteiger partial charge in [-0.2, -0.15) is 0 Å². The molecule has 1 aromatic heterocycles. The van der Waals surface area contributed by atoms with Crippen LogP contribution in [0.25, 0.3) is 0 Å². The molecule has 1 heterocycles. The van der Waals surface area contributed by atoms with Crippen molar-refractivity contribution >= 4 is 17.4 Å². The zero-order chi connectivity index (χ0) is 13.7. The summed E-state index contributed by atoms with van der Waals surface area (Å²) in [5.41, 5.74) is 0.819. The van der Waals surface area contributed by atoms with Gasteiger partial charge in [-0.15, -0.1) is 5.10 Å². The molecule has 0 saturated heterocycles. The fourth-order valence-corrected chi connectivity index (χ4v) is 5.83. The van der Waals surface area contributed by atoms with Crippen molar-refractivity contribution in [1.29, 1.82) is 0 Å². The van der Waals surface area contributed by atoms with Crippen LogP contribution >= 0.6 is 11.5 Å². The number of hydrogen-bond acceptors (Lipinski definition) is 4. The van der Waals surface area contributed by atoms with Crippen molar-refractivity contribution in [3.63, 3.8) is 0 Å². The number of hydrogen-bond donors (Lipinski definition) is 1. The predicted octanol–water partition coefficient (Wildman–Crippen LogP) is 2.87. The maximum Gasteiger partial charge on any atom is 0.272 e. The van der Waals surface area contributed by atoms with Gasteiger partial charge in [0.05, 0.1) is 0 Å². The van der Waals surface area contributed by atoms with Gasteiger partial charge in [0.15, 0.2) is 5.69 Å². The topological polar surface area (TPSA) is 54.9 Å². The minimum absolute atomic E-state index is 0.0537. The summed E-state index contributed by atoms with van der Waals surface area (Å²) in [5.74, 6) is 2.70. The molecule has 1 unspecified atom stereocenters. The van der Waals surface area contributed by atoms with E-state index in [1.165, 1.54) is 50.1 Å². The highest BCUT2D eigenvalue weighted by molar-refractivity contribution is 7.03. The first-order valence-electron chi connectivity index (χ1n) is 7.72. The lowest BCUT2D eigenvalue weighted by atomic mass is 9.48. The Kier molecular flexibility index (Phi) is 2.88. The zero-order valence-electron chi connectivity index (χ0n) is 11.8. The largest absolute Gasteiger partial charge is 0.348 e. The Morgan fingerprint density at radius 1 is 1.30 bits per heavy atom. The average Bonchev–Trinajstić information content (AvgIpc) is 2.90. The van der Waals surface area contributed by atoms with Crippen LogP contribution in [0.2, 0.25) is 0 Å². The van der Waals surface area contributed by atoms with Gasteiger partial charge < -0.3 is 5.32 Å². The van der Waals surface area contributed by atoms with Crippen LogP contribution in [0.3, 0.4) is 0 Å². The van der Waals surface area contributed by atoms with E-state index in [9.17, 15) is 4.79 Å². The SMILES string of the molecule is CC(NC(=O)c1csnn1)C12CC3CC(CC(C3)C1)C2. The van der Waals surface area contributed by atoms with E-state index in [0.717, 1.165) is 17.8 Å². The van der Waals surface area contributed by atoms with Crippen molar-refractivity contribution in [2.45, 2.75) is 51.5 Å². The number of amides is 1. The Hall–Kier alpha value is -0.970. The first kappa shape index (κ1) is 12.7. The Morgan fingerprint density at radius 3 is 2.40 bits per heavy atom. The van der Waals surface area contributed by atoms with E-state index in [-0.39, 0.29) is 11.9 Å². The summed E-state index contributed by atoms with van der Waals surface area (Å²) in [6, 6.07) is 0.255. The minimum Gasteiger partial charge on any atom is -0.348 e. The summed E-state index contributed by atoms with van der Waals surface area (Å²) in [6.07, 6.45) is 8.27. The molecular formula is C15H21N3OS. The van der Waals surface area contributed by atoms with Gasteiger partial charge >= 0.3 is 0 Å². The third-order valence-electron chi connectivity index (χ3n) is 5.94. The van der Waals surface area contributed by atoms with Gasteiger partial charge in [0.1, 0.15) is 0 Å². The molecule has 0 radical (unpaired) electrons. The quantitative estimate of drug-likeness (QED) is 0.931. The van der Waals surface area contributed by atoms with E-state index in [1.54, 1.807) is 5.38 Å². The van der Waals surface area contributed by atoms with Crippen LogP contribution in [0, 0.1) is 23.2 Å². The van der Waals surface area contributed by atoms with E-state index in [1.807, 2.05) is 0 Å². The molecule has 4 aliphatic carbocycles. The second-order valence-electron chi connectivity index (χ2n) is 7.27. The van der Waals surface area contributed by atoms with E-state index in [0.29, 0.717) is 11.1 Å². The Labute approximate surface area is 123 Å². The highest BCUT2D eigenvalue weighted by atomic mass is 32.1. The van der Waals surface area contributed by atoms with Crippen LogP contribution in [-0.4, -0.2) is 21.5 Å². The Bertz CT molecular complexity index is 478. The summed E-state index contributed by atoms with van der Waals surface area (Å²) in [4.78, 5) is 12.2. The zero-order valence-corrected chi connectivity index (χ0v) is 12.7. The third kappa shape index (κ3) is 1.98. The number of nitrogens with one attached hydrogen (secondary N) is 1. The molecule has 1 aromatic rings. The van der Waals surface area contributed by atoms with Crippen LogP contribution in [0.4, 0.5) is 0 Å². The van der Waals surface area contributed by atoms with E-state index in [2.05, 4.69) is 21.8 Å². The van der Waals surface area contributed by atoms with Gasteiger partial charge in [-0.1, -0.05) is 4.49 Å². The van der Waals surface area contributed by atoms with Gasteiger partial charge in [0.2, 0.25) is 0 Å². The molecule has 5 heteroatoms. The molecule has 4 fully saturated rings. The number of rotatable bonds is 3. The monoisotopic (exact) mass is 291 g/mol. The fourth-order valence-electron chi connectivity index (χ4n) is 5.40. The second-order valence-corrected chi connectivity index (χ2v) is 7.88. The summed E-state index contributed by atoms with van der Waals surface area (Å²) < 4.78 is 3.77. The lowest BCUT2D eigenvalue weighted by Gasteiger charge is -2.59. The second kappa shape index (κ2) is 4.52. The normalized spacial score (nSPS) is 39.8. The Morgan fingerprint density at radius 2 is 1.90 bits per heavy atom. The summed E-state index contributed by atoms with van der Waals surface area (Å²) in [5, 5.41) is 8.80. The molecule has 1 N–H and O–H groups in total. The maximum absolute atomic E-state index is 12.2. The standard InChI is InChI=1S/C15H21N3OS/c1-9(16-14(19)13-8-20-18-17-13)15-5-10-2-11(6-15)4-12(3-10)7-15/h8-12H,2-7H2,1H3,(H,16,19). The average molecular weight is 291 g/mol. The molecule has 108 valence electrons. The lowest BCUT2D eigenvalue weighted by Crippen LogP contribution is -2.55. The van der Waals surface area contributed by atoms with Gasteiger partial charge in [-0.05, 0) is 80.1 Å². The smallest absolute Gasteiger partial charge is 0.272 e. The van der Waals surface area contributed by atoms with Gasteiger partial charge in [0, 0.05) is 11.4 Å². The maximum atomic E-state index is 12.2. The molecule has 4 aliphatic rings. The van der Waals surface area contributed by atoms with Crippen LogP contribution in [0.1, 0.15) is 55.9 Å². The van der Waals surface area contributed by atoms with E-state index < -0.39 is 0 Å². The molecular weight excluding hydrogens is 270 g/mol. The first-order chi connectivity index (χ1) is 9.64. The number of carbonyl (C=O) groups excluding carboxylic acids is 1. The summed E-state index contributed by atoms with van der Waals surface area (Å²) in [7, 11) is 0. The van der Waals surface area contributed by atoms with Crippen LogP contribution in [0.5, 0.6) is 0 Å². The molecule has 1 amide bonds. The lowest BCUT2D eigenvalue weighted by molar-refractivity contribution is -0.0688. The molecule has 20 heavy (non-hydrogen) atoms. The van der Waals surface area contributed by atoms with Crippen molar-refractivity contribution in [2.75, 3.05) is 0 Å². The number of nitrogens with zero attached hydrogens (tertiary/aromatic N) is 2.